The molecule has 0 bridgehead atoms. The summed E-state index contributed by atoms with van der Waals surface area (Å²) in [7, 11) is 3.31. The van der Waals surface area contributed by atoms with Crippen molar-refractivity contribution in [1.82, 2.24) is 19.8 Å². The van der Waals surface area contributed by atoms with Crippen molar-refractivity contribution in [3.05, 3.63) is 48.0 Å². The zero-order valence-corrected chi connectivity index (χ0v) is 21.1. The average molecular weight is 496 g/mol. The van der Waals surface area contributed by atoms with Gasteiger partial charge >= 0.3 is 0 Å². The maximum Gasteiger partial charge on any atom is 0.274 e. The van der Waals surface area contributed by atoms with E-state index in [9.17, 15) is 14.4 Å². The highest BCUT2D eigenvalue weighted by molar-refractivity contribution is 6.00. The molecular formula is C26H33N5O5. The summed E-state index contributed by atoms with van der Waals surface area (Å²) < 4.78 is 11.8. The summed E-state index contributed by atoms with van der Waals surface area (Å²) >= 11 is 0. The minimum Gasteiger partial charge on any atom is -0.491 e. The Hall–Kier alpha value is -3.53. The molecule has 3 amide bonds. The number of amides is 3. The number of nitrogens with one attached hydrogen (secondary N) is 1. The molecule has 1 aromatic carbocycles. The molecule has 2 aliphatic rings. The van der Waals surface area contributed by atoms with Crippen LogP contribution in [0.3, 0.4) is 0 Å². The van der Waals surface area contributed by atoms with E-state index in [2.05, 4.69) is 15.3 Å². The van der Waals surface area contributed by atoms with Crippen LogP contribution in [-0.4, -0.2) is 83.5 Å². The standard InChI is InChI=1S/C26H33N5O5/c1-16-13-31(26(34)21-12-27-9-10-28-21)17(2)15-36-22-8-7-19(29-24(32)18-5-6-18)11-20(22)25(33)30(3)14-23(16)35-4/h7-12,16-18,23H,5-6,13-15H2,1-4H3,(H,29,32)/t16-,17+,23+/m1/s1. The van der Waals surface area contributed by atoms with Crippen LogP contribution in [0.5, 0.6) is 5.75 Å². The summed E-state index contributed by atoms with van der Waals surface area (Å²) in [6.07, 6.45) is 5.92. The smallest absolute Gasteiger partial charge is 0.274 e. The number of hydrogen-bond acceptors (Lipinski definition) is 7. The first-order chi connectivity index (χ1) is 17.3. The first-order valence-electron chi connectivity index (χ1n) is 12.2. The molecule has 4 rings (SSSR count). The molecule has 1 aliphatic heterocycles. The minimum absolute atomic E-state index is 0.0371. The van der Waals surface area contributed by atoms with Crippen LogP contribution in [0.2, 0.25) is 0 Å². The number of rotatable bonds is 4. The summed E-state index contributed by atoms with van der Waals surface area (Å²) in [5.41, 5.74) is 1.14. The van der Waals surface area contributed by atoms with Gasteiger partial charge < -0.3 is 24.6 Å². The highest BCUT2D eigenvalue weighted by atomic mass is 16.5. The number of carbonyl (C=O) groups is 3. The van der Waals surface area contributed by atoms with Gasteiger partial charge in [-0.2, -0.15) is 0 Å². The fourth-order valence-electron chi connectivity index (χ4n) is 4.28. The second-order valence-electron chi connectivity index (χ2n) is 9.62. The van der Waals surface area contributed by atoms with E-state index in [1.165, 1.54) is 18.6 Å². The van der Waals surface area contributed by atoms with E-state index >= 15 is 0 Å². The quantitative estimate of drug-likeness (QED) is 0.693. The van der Waals surface area contributed by atoms with Crippen molar-refractivity contribution in [2.45, 2.75) is 38.8 Å². The van der Waals surface area contributed by atoms with Gasteiger partial charge in [0.15, 0.2) is 0 Å². The highest BCUT2D eigenvalue weighted by Crippen LogP contribution is 2.31. The van der Waals surface area contributed by atoms with Crippen molar-refractivity contribution < 1.29 is 23.9 Å². The number of methoxy groups -OCH3 is 1. The molecule has 10 heteroatoms. The Morgan fingerprint density at radius 1 is 1.17 bits per heavy atom. The second kappa shape index (κ2) is 11.0. The maximum atomic E-state index is 13.4. The molecule has 1 aliphatic carbocycles. The van der Waals surface area contributed by atoms with Crippen molar-refractivity contribution in [3.63, 3.8) is 0 Å². The first kappa shape index (κ1) is 25.6. The number of likely N-dealkylation sites (N-methyl/N-ethyl adjacent to an activating group) is 1. The summed E-state index contributed by atoms with van der Waals surface area (Å²) in [6, 6.07) is 4.74. The first-order valence-corrected chi connectivity index (χ1v) is 12.2. The molecule has 0 unspecified atom stereocenters. The SMILES string of the molecule is CO[C@H]1CN(C)C(=O)c2cc(NC(=O)C3CC3)ccc2OC[C@H](C)N(C(=O)c2cnccn2)C[C@H]1C. The van der Waals surface area contributed by atoms with Gasteiger partial charge in [-0.1, -0.05) is 6.92 Å². The number of fused-ring (bicyclic) bond motifs is 1. The normalized spacial score (nSPS) is 23.1. The molecule has 36 heavy (non-hydrogen) atoms. The largest absolute Gasteiger partial charge is 0.491 e. The van der Waals surface area contributed by atoms with Gasteiger partial charge in [0.25, 0.3) is 11.8 Å². The number of hydrogen-bond donors (Lipinski definition) is 1. The van der Waals surface area contributed by atoms with E-state index in [4.69, 9.17) is 9.47 Å². The zero-order valence-electron chi connectivity index (χ0n) is 21.1. The molecule has 10 nitrogen and oxygen atoms in total. The van der Waals surface area contributed by atoms with Crippen molar-refractivity contribution >= 4 is 23.4 Å². The summed E-state index contributed by atoms with van der Waals surface area (Å²) in [5, 5.41) is 2.90. The number of anilines is 1. The summed E-state index contributed by atoms with van der Waals surface area (Å²) in [4.78, 5) is 50.6. The van der Waals surface area contributed by atoms with Crippen LogP contribution < -0.4 is 10.1 Å². The molecule has 1 N–H and O–H groups in total. The highest BCUT2D eigenvalue weighted by Gasteiger charge is 2.32. The Kier molecular flexibility index (Phi) is 7.83. The van der Waals surface area contributed by atoms with Crippen LogP contribution in [0.25, 0.3) is 0 Å². The molecule has 0 saturated heterocycles. The van der Waals surface area contributed by atoms with Gasteiger partial charge in [0, 0.05) is 57.2 Å². The molecule has 1 aromatic heterocycles. The van der Waals surface area contributed by atoms with Crippen LogP contribution in [-0.2, 0) is 9.53 Å². The lowest BCUT2D eigenvalue weighted by atomic mass is 10.0. The molecule has 0 spiro atoms. The molecule has 2 heterocycles. The number of carbonyl (C=O) groups excluding carboxylic acids is 3. The van der Waals surface area contributed by atoms with Crippen LogP contribution in [0.4, 0.5) is 5.69 Å². The van der Waals surface area contributed by atoms with Crippen LogP contribution in [0.1, 0.15) is 47.5 Å². The van der Waals surface area contributed by atoms with E-state index in [-0.39, 0.29) is 54.0 Å². The molecule has 1 saturated carbocycles. The van der Waals surface area contributed by atoms with Crippen LogP contribution in [0, 0.1) is 11.8 Å². The van der Waals surface area contributed by atoms with E-state index in [1.807, 2.05) is 13.8 Å². The lowest BCUT2D eigenvalue weighted by Crippen LogP contribution is -2.48. The third-order valence-electron chi connectivity index (χ3n) is 6.70. The molecule has 0 radical (unpaired) electrons. The van der Waals surface area contributed by atoms with Gasteiger partial charge in [-0.15, -0.1) is 0 Å². The van der Waals surface area contributed by atoms with E-state index in [1.54, 1.807) is 42.2 Å². The number of benzene rings is 1. The van der Waals surface area contributed by atoms with E-state index < -0.39 is 0 Å². The third-order valence-corrected chi connectivity index (χ3v) is 6.70. The van der Waals surface area contributed by atoms with E-state index in [0.717, 1.165) is 12.8 Å². The number of nitrogens with zero attached hydrogens (tertiary/aromatic N) is 4. The fourth-order valence-corrected chi connectivity index (χ4v) is 4.28. The average Bonchev–Trinajstić information content (AvgIpc) is 3.74. The minimum atomic E-state index is -0.325. The van der Waals surface area contributed by atoms with Crippen molar-refractivity contribution in [1.29, 1.82) is 0 Å². The van der Waals surface area contributed by atoms with Gasteiger partial charge in [-0.05, 0) is 38.0 Å². The molecule has 1 fully saturated rings. The number of aromatic nitrogens is 2. The summed E-state index contributed by atoms with van der Waals surface area (Å²) in [6.45, 7) is 4.75. The third kappa shape index (κ3) is 5.81. The molecule has 192 valence electrons. The Balaban J connectivity index is 1.65. The van der Waals surface area contributed by atoms with Gasteiger partial charge in [0.2, 0.25) is 5.91 Å². The van der Waals surface area contributed by atoms with E-state index in [0.29, 0.717) is 30.1 Å². The Morgan fingerprint density at radius 2 is 1.94 bits per heavy atom. The second-order valence-corrected chi connectivity index (χ2v) is 9.62. The molecule has 2 aromatic rings. The van der Waals surface area contributed by atoms with Gasteiger partial charge in [-0.25, -0.2) is 4.98 Å². The van der Waals surface area contributed by atoms with Crippen molar-refractivity contribution in [3.8, 4) is 5.75 Å². The Labute approximate surface area is 211 Å². The maximum absolute atomic E-state index is 13.4. The zero-order chi connectivity index (χ0) is 25.8. The van der Waals surface area contributed by atoms with Gasteiger partial charge in [0.05, 0.1) is 23.9 Å². The van der Waals surface area contributed by atoms with Crippen molar-refractivity contribution in [2.75, 3.05) is 39.2 Å². The monoisotopic (exact) mass is 495 g/mol. The Morgan fingerprint density at radius 3 is 2.61 bits per heavy atom. The topological polar surface area (TPSA) is 114 Å². The molecule has 3 atom stereocenters. The number of ether oxygens (including phenoxy) is 2. The van der Waals surface area contributed by atoms with Gasteiger partial charge in [0.1, 0.15) is 18.1 Å². The predicted octanol–water partition coefficient (Wildman–Crippen LogP) is 2.47. The van der Waals surface area contributed by atoms with Crippen molar-refractivity contribution in [2.24, 2.45) is 11.8 Å². The van der Waals surface area contributed by atoms with Crippen LogP contribution in [0.15, 0.2) is 36.8 Å². The summed E-state index contributed by atoms with van der Waals surface area (Å²) in [5.74, 6) is -0.176. The molecular weight excluding hydrogens is 462 g/mol. The van der Waals surface area contributed by atoms with Gasteiger partial charge in [-0.3, -0.25) is 19.4 Å². The Bertz CT molecular complexity index is 1110. The lowest BCUT2D eigenvalue weighted by Gasteiger charge is -2.35. The lowest BCUT2D eigenvalue weighted by molar-refractivity contribution is -0.117. The van der Waals surface area contributed by atoms with Crippen LogP contribution >= 0.6 is 0 Å². The fraction of sp³-hybridized carbons (Fsp3) is 0.500. The predicted molar refractivity (Wildman–Crippen MR) is 133 cm³/mol.